The molecule has 36 heavy (non-hydrogen) atoms. The molecule has 0 radical (unpaired) electrons. The monoisotopic (exact) mass is 480 g/mol. The minimum atomic E-state index is 0.287. The van der Waals surface area contributed by atoms with E-state index in [1.54, 1.807) is 0 Å². The molecule has 1 fully saturated rings. The molecule has 3 aromatic carbocycles. The Hall–Kier alpha value is -3.64. The van der Waals surface area contributed by atoms with E-state index < -0.39 is 0 Å². The summed E-state index contributed by atoms with van der Waals surface area (Å²) in [6, 6.07) is 23.0. The number of rotatable bonds is 6. The SMILES string of the molecule is Cc1nc(OCC2CCN(Cc3ccccc3)C2)nc2c1CCN(c1cc(O)cc3ccccc13)C2. The highest BCUT2D eigenvalue weighted by Crippen LogP contribution is 2.34. The summed E-state index contributed by atoms with van der Waals surface area (Å²) in [4.78, 5) is 14.3. The van der Waals surface area contributed by atoms with E-state index in [2.05, 4.69) is 53.1 Å². The minimum absolute atomic E-state index is 0.287. The third-order valence-electron chi connectivity index (χ3n) is 7.48. The first-order chi connectivity index (χ1) is 17.6. The molecular weight excluding hydrogens is 448 g/mol. The van der Waals surface area contributed by atoms with Crippen LogP contribution in [0.15, 0.2) is 66.7 Å². The van der Waals surface area contributed by atoms with Crippen molar-refractivity contribution in [2.75, 3.05) is 31.1 Å². The first kappa shape index (κ1) is 22.8. The van der Waals surface area contributed by atoms with Crippen LogP contribution in [0, 0.1) is 12.8 Å². The normalized spacial score (nSPS) is 17.9. The Labute approximate surface area is 212 Å². The van der Waals surface area contributed by atoms with Crippen molar-refractivity contribution in [3.05, 3.63) is 89.2 Å². The maximum Gasteiger partial charge on any atom is 0.316 e. The predicted molar refractivity (Wildman–Crippen MR) is 142 cm³/mol. The molecule has 0 saturated carbocycles. The molecule has 3 heterocycles. The first-order valence-corrected chi connectivity index (χ1v) is 12.8. The van der Waals surface area contributed by atoms with Crippen LogP contribution < -0.4 is 9.64 Å². The number of benzene rings is 3. The van der Waals surface area contributed by atoms with E-state index in [1.807, 2.05) is 30.3 Å². The number of anilines is 1. The molecule has 6 nitrogen and oxygen atoms in total. The van der Waals surface area contributed by atoms with Gasteiger partial charge in [-0.3, -0.25) is 4.90 Å². The molecule has 0 aliphatic carbocycles. The number of nitrogens with zero attached hydrogens (tertiary/aromatic N) is 4. The van der Waals surface area contributed by atoms with Crippen LogP contribution in [0.1, 0.15) is 28.9 Å². The number of fused-ring (bicyclic) bond motifs is 2. The Bertz CT molecular complexity index is 1370. The molecule has 6 rings (SSSR count). The van der Waals surface area contributed by atoms with E-state index >= 15 is 0 Å². The van der Waals surface area contributed by atoms with E-state index in [0.29, 0.717) is 25.1 Å². The molecule has 0 spiro atoms. The Morgan fingerprint density at radius 1 is 1.00 bits per heavy atom. The number of hydrogen-bond donors (Lipinski definition) is 1. The molecule has 2 aliphatic rings. The summed E-state index contributed by atoms with van der Waals surface area (Å²) in [6.45, 7) is 7.37. The quantitative estimate of drug-likeness (QED) is 0.414. The van der Waals surface area contributed by atoms with Crippen molar-refractivity contribution >= 4 is 16.5 Å². The summed E-state index contributed by atoms with van der Waals surface area (Å²) in [6.07, 6.45) is 2.01. The largest absolute Gasteiger partial charge is 0.508 e. The van der Waals surface area contributed by atoms with Gasteiger partial charge in [-0.2, -0.15) is 4.98 Å². The fourth-order valence-corrected chi connectivity index (χ4v) is 5.62. The summed E-state index contributed by atoms with van der Waals surface area (Å²) in [5.41, 5.74) is 5.65. The van der Waals surface area contributed by atoms with Crippen molar-refractivity contribution in [3.8, 4) is 11.8 Å². The van der Waals surface area contributed by atoms with E-state index in [-0.39, 0.29) is 5.75 Å². The Kier molecular flexibility index (Phi) is 6.20. The zero-order chi connectivity index (χ0) is 24.5. The van der Waals surface area contributed by atoms with E-state index in [1.165, 1.54) is 11.1 Å². The van der Waals surface area contributed by atoms with E-state index in [4.69, 9.17) is 14.7 Å². The van der Waals surface area contributed by atoms with Gasteiger partial charge < -0.3 is 14.7 Å². The van der Waals surface area contributed by atoms with Crippen molar-refractivity contribution in [1.82, 2.24) is 14.9 Å². The van der Waals surface area contributed by atoms with Crippen LogP contribution in [0.25, 0.3) is 10.8 Å². The third-order valence-corrected chi connectivity index (χ3v) is 7.48. The molecule has 184 valence electrons. The maximum absolute atomic E-state index is 10.3. The van der Waals surface area contributed by atoms with Gasteiger partial charge in [0.1, 0.15) is 5.75 Å². The van der Waals surface area contributed by atoms with Gasteiger partial charge in [0.2, 0.25) is 0 Å². The van der Waals surface area contributed by atoms with Gasteiger partial charge in [-0.25, -0.2) is 4.98 Å². The van der Waals surface area contributed by atoms with Crippen LogP contribution in [-0.4, -0.2) is 46.2 Å². The van der Waals surface area contributed by atoms with Crippen LogP contribution in [0.5, 0.6) is 11.8 Å². The second-order valence-corrected chi connectivity index (χ2v) is 10.1. The van der Waals surface area contributed by atoms with Crippen LogP contribution in [-0.2, 0) is 19.5 Å². The van der Waals surface area contributed by atoms with Gasteiger partial charge >= 0.3 is 6.01 Å². The minimum Gasteiger partial charge on any atom is -0.508 e. The second-order valence-electron chi connectivity index (χ2n) is 10.1. The second kappa shape index (κ2) is 9.78. The van der Waals surface area contributed by atoms with Crippen LogP contribution in [0.4, 0.5) is 5.69 Å². The molecule has 1 unspecified atom stereocenters. The van der Waals surface area contributed by atoms with Crippen molar-refractivity contribution < 1.29 is 9.84 Å². The highest BCUT2D eigenvalue weighted by molar-refractivity contribution is 5.95. The Morgan fingerprint density at radius 2 is 1.83 bits per heavy atom. The number of aromatic hydroxyl groups is 1. The lowest BCUT2D eigenvalue weighted by atomic mass is 10.0. The summed E-state index contributed by atoms with van der Waals surface area (Å²) >= 11 is 0. The number of likely N-dealkylation sites (tertiary alicyclic amines) is 1. The molecule has 1 atom stereocenters. The lowest BCUT2D eigenvalue weighted by molar-refractivity contribution is 0.223. The zero-order valence-electron chi connectivity index (χ0n) is 20.7. The average molecular weight is 481 g/mol. The van der Waals surface area contributed by atoms with E-state index in [0.717, 1.165) is 66.9 Å². The van der Waals surface area contributed by atoms with Crippen LogP contribution in [0.3, 0.4) is 0 Å². The van der Waals surface area contributed by atoms with Crippen molar-refractivity contribution in [3.63, 3.8) is 0 Å². The number of aromatic nitrogens is 2. The number of hydrogen-bond acceptors (Lipinski definition) is 6. The van der Waals surface area contributed by atoms with Crippen molar-refractivity contribution in [2.45, 2.75) is 32.9 Å². The third kappa shape index (κ3) is 4.73. The van der Waals surface area contributed by atoms with Crippen LogP contribution >= 0.6 is 0 Å². The van der Waals surface area contributed by atoms with Gasteiger partial charge in [0.15, 0.2) is 0 Å². The van der Waals surface area contributed by atoms with E-state index in [9.17, 15) is 5.11 Å². The summed E-state index contributed by atoms with van der Waals surface area (Å²) < 4.78 is 6.16. The van der Waals surface area contributed by atoms with Crippen molar-refractivity contribution in [1.29, 1.82) is 0 Å². The number of phenolic OH excluding ortho intramolecular Hbond substituents is 1. The topological polar surface area (TPSA) is 61.7 Å². The fraction of sp³-hybridized carbons (Fsp3) is 0.333. The Balaban J connectivity index is 1.14. The molecule has 2 aliphatic heterocycles. The van der Waals surface area contributed by atoms with Gasteiger partial charge in [-0.05, 0) is 48.9 Å². The first-order valence-electron chi connectivity index (χ1n) is 12.8. The molecule has 1 aromatic heterocycles. The average Bonchev–Trinajstić information content (AvgIpc) is 3.34. The van der Waals surface area contributed by atoms with Crippen molar-refractivity contribution in [2.24, 2.45) is 5.92 Å². The highest BCUT2D eigenvalue weighted by Gasteiger charge is 2.25. The zero-order valence-corrected chi connectivity index (χ0v) is 20.7. The summed E-state index contributed by atoms with van der Waals surface area (Å²) in [7, 11) is 0. The lowest BCUT2D eigenvalue weighted by Crippen LogP contribution is -2.32. The fourth-order valence-electron chi connectivity index (χ4n) is 5.62. The standard InChI is InChI=1S/C30H32N4O2/c1-21-26-12-14-34(29-16-25(35)15-24-9-5-6-10-27(24)29)19-28(26)32-30(31-21)36-20-23-11-13-33(18-23)17-22-7-3-2-4-8-22/h2-10,15-16,23,35H,11-14,17-20H2,1H3. The molecule has 4 aromatic rings. The molecule has 6 heteroatoms. The molecule has 0 bridgehead atoms. The van der Waals surface area contributed by atoms with Gasteiger partial charge in [0.25, 0.3) is 0 Å². The smallest absolute Gasteiger partial charge is 0.316 e. The van der Waals surface area contributed by atoms with Gasteiger partial charge in [0, 0.05) is 48.4 Å². The van der Waals surface area contributed by atoms with Gasteiger partial charge in [-0.1, -0.05) is 54.6 Å². The van der Waals surface area contributed by atoms with Gasteiger partial charge in [0.05, 0.1) is 18.8 Å². The number of ether oxygens (including phenoxy) is 1. The lowest BCUT2D eigenvalue weighted by Gasteiger charge is -2.31. The molecule has 0 amide bonds. The summed E-state index contributed by atoms with van der Waals surface area (Å²) in [5.74, 6) is 0.777. The number of aryl methyl sites for hydroxylation is 1. The number of phenols is 1. The highest BCUT2D eigenvalue weighted by atomic mass is 16.5. The predicted octanol–water partition coefficient (Wildman–Crippen LogP) is 5.11. The summed E-state index contributed by atoms with van der Waals surface area (Å²) in [5, 5.41) is 12.5. The molecular formula is C30H32N4O2. The molecule has 1 N–H and O–H groups in total. The Morgan fingerprint density at radius 3 is 2.72 bits per heavy atom. The maximum atomic E-state index is 10.3. The van der Waals surface area contributed by atoms with Crippen LogP contribution in [0.2, 0.25) is 0 Å². The van der Waals surface area contributed by atoms with Gasteiger partial charge in [-0.15, -0.1) is 0 Å². The molecule has 1 saturated heterocycles.